The van der Waals surface area contributed by atoms with Crippen LogP contribution in [0.15, 0.2) is 59.1 Å². The van der Waals surface area contributed by atoms with Crippen molar-refractivity contribution < 1.29 is 0 Å². The first-order valence-corrected chi connectivity index (χ1v) is 7.76. The monoisotopic (exact) mass is 357 g/mol. The summed E-state index contributed by atoms with van der Waals surface area (Å²) in [5.41, 5.74) is 2.22. The standard InChI is InChI=1S/C16H16BrN5/c1-21(11-13-7-9-15(17)10-8-13)12-22-19-16(18-20-22)14-5-3-2-4-6-14/h2-10H,11-12H2,1H3. The SMILES string of the molecule is CN(Cc1ccc(Br)cc1)Cn1nnc(-c2ccccc2)n1. The third-order valence-corrected chi connectivity index (χ3v) is 3.75. The first kappa shape index (κ1) is 14.9. The molecule has 1 heterocycles. The fourth-order valence-electron chi connectivity index (χ4n) is 2.17. The maximum atomic E-state index is 4.42. The number of tetrazole rings is 1. The zero-order valence-corrected chi connectivity index (χ0v) is 13.8. The number of aromatic nitrogens is 4. The minimum Gasteiger partial charge on any atom is -0.282 e. The Labute approximate surface area is 137 Å². The highest BCUT2D eigenvalue weighted by Crippen LogP contribution is 2.13. The summed E-state index contributed by atoms with van der Waals surface area (Å²) in [6, 6.07) is 18.2. The average Bonchev–Trinajstić information content (AvgIpc) is 2.99. The van der Waals surface area contributed by atoms with Crippen LogP contribution < -0.4 is 0 Å². The molecular formula is C16H16BrN5. The molecule has 0 atom stereocenters. The highest BCUT2D eigenvalue weighted by atomic mass is 79.9. The minimum atomic E-state index is 0.593. The fraction of sp³-hybridized carbons (Fsp3) is 0.188. The minimum absolute atomic E-state index is 0.593. The second-order valence-electron chi connectivity index (χ2n) is 5.13. The van der Waals surface area contributed by atoms with Crippen molar-refractivity contribution >= 4 is 15.9 Å². The quantitative estimate of drug-likeness (QED) is 0.703. The number of benzene rings is 2. The zero-order chi connectivity index (χ0) is 15.4. The van der Waals surface area contributed by atoms with E-state index in [0.29, 0.717) is 12.5 Å². The van der Waals surface area contributed by atoms with E-state index < -0.39 is 0 Å². The third kappa shape index (κ3) is 3.78. The van der Waals surface area contributed by atoms with Gasteiger partial charge in [-0.3, -0.25) is 4.90 Å². The smallest absolute Gasteiger partial charge is 0.204 e. The van der Waals surface area contributed by atoms with E-state index in [1.165, 1.54) is 5.56 Å². The summed E-state index contributed by atoms with van der Waals surface area (Å²) in [5, 5.41) is 12.6. The predicted octanol–water partition coefficient (Wildman–Crippen LogP) is 3.19. The van der Waals surface area contributed by atoms with E-state index in [1.54, 1.807) is 4.80 Å². The summed E-state index contributed by atoms with van der Waals surface area (Å²) in [4.78, 5) is 3.75. The van der Waals surface area contributed by atoms with E-state index in [9.17, 15) is 0 Å². The molecule has 0 radical (unpaired) electrons. The van der Waals surface area contributed by atoms with Gasteiger partial charge in [-0.05, 0) is 30.0 Å². The summed E-state index contributed by atoms with van der Waals surface area (Å²) < 4.78 is 1.09. The van der Waals surface area contributed by atoms with Crippen LogP contribution in [0.1, 0.15) is 5.56 Å². The predicted molar refractivity (Wildman–Crippen MR) is 88.9 cm³/mol. The highest BCUT2D eigenvalue weighted by molar-refractivity contribution is 9.10. The van der Waals surface area contributed by atoms with Crippen molar-refractivity contribution in [2.24, 2.45) is 0 Å². The molecule has 0 bridgehead atoms. The highest BCUT2D eigenvalue weighted by Gasteiger charge is 2.07. The molecule has 0 N–H and O–H groups in total. The molecule has 0 unspecified atom stereocenters. The first-order chi connectivity index (χ1) is 10.7. The van der Waals surface area contributed by atoms with E-state index in [4.69, 9.17) is 0 Å². The second-order valence-corrected chi connectivity index (χ2v) is 6.05. The van der Waals surface area contributed by atoms with Gasteiger partial charge in [-0.1, -0.05) is 58.4 Å². The molecule has 6 heteroatoms. The zero-order valence-electron chi connectivity index (χ0n) is 12.2. The third-order valence-electron chi connectivity index (χ3n) is 3.22. The number of rotatable bonds is 5. The topological polar surface area (TPSA) is 46.8 Å². The molecule has 0 saturated heterocycles. The molecule has 5 nitrogen and oxygen atoms in total. The summed E-state index contributed by atoms with van der Waals surface area (Å²) in [5.74, 6) is 0.651. The summed E-state index contributed by atoms with van der Waals surface area (Å²) >= 11 is 3.44. The molecule has 0 aliphatic rings. The van der Waals surface area contributed by atoms with Crippen molar-refractivity contribution in [3.63, 3.8) is 0 Å². The Kier molecular flexibility index (Phi) is 4.60. The molecule has 0 amide bonds. The maximum Gasteiger partial charge on any atom is 0.204 e. The van der Waals surface area contributed by atoms with Crippen LogP contribution in [0.2, 0.25) is 0 Å². The Morgan fingerprint density at radius 2 is 1.77 bits per heavy atom. The van der Waals surface area contributed by atoms with E-state index in [-0.39, 0.29) is 0 Å². The van der Waals surface area contributed by atoms with Crippen LogP contribution in [0.4, 0.5) is 0 Å². The van der Waals surface area contributed by atoms with Gasteiger partial charge < -0.3 is 0 Å². The number of nitrogens with zero attached hydrogens (tertiary/aromatic N) is 5. The molecule has 0 saturated carbocycles. The maximum absolute atomic E-state index is 4.42. The van der Waals surface area contributed by atoms with Crippen molar-refractivity contribution in [3.8, 4) is 11.4 Å². The molecule has 0 fully saturated rings. The largest absolute Gasteiger partial charge is 0.282 e. The van der Waals surface area contributed by atoms with Crippen LogP contribution in [0.25, 0.3) is 11.4 Å². The van der Waals surface area contributed by atoms with Gasteiger partial charge >= 0.3 is 0 Å². The Balaban J connectivity index is 1.63. The summed E-state index contributed by atoms with van der Waals surface area (Å²) in [6.07, 6.45) is 0. The number of halogens is 1. The van der Waals surface area contributed by atoms with E-state index in [0.717, 1.165) is 16.6 Å². The summed E-state index contributed by atoms with van der Waals surface area (Å²) in [7, 11) is 2.04. The Morgan fingerprint density at radius 1 is 1.05 bits per heavy atom. The Hall–Kier alpha value is -2.05. The molecule has 0 aliphatic heterocycles. The van der Waals surface area contributed by atoms with Crippen molar-refractivity contribution in [1.29, 1.82) is 0 Å². The molecule has 3 rings (SSSR count). The molecule has 0 aliphatic carbocycles. The van der Waals surface area contributed by atoms with E-state index >= 15 is 0 Å². The van der Waals surface area contributed by atoms with E-state index in [2.05, 4.69) is 48.4 Å². The van der Waals surface area contributed by atoms with Crippen LogP contribution in [0.5, 0.6) is 0 Å². The van der Waals surface area contributed by atoms with Crippen molar-refractivity contribution in [1.82, 2.24) is 25.1 Å². The van der Waals surface area contributed by atoms with Crippen molar-refractivity contribution in [3.05, 3.63) is 64.6 Å². The lowest BCUT2D eigenvalue weighted by Gasteiger charge is -2.15. The molecule has 1 aromatic heterocycles. The van der Waals surface area contributed by atoms with E-state index in [1.807, 2.05) is 49.5 Å². The van der Waals surface area contributed by atoms with Gasteiger partial charge in [0.1, 0.15) is 6.67 Å². The van der Waals surface area contributed by atoms with Crippen LogP contribution in [-0.4, -0.2) is 32.2 Å². The van der Waals surface area contributed by atoms with Gasteiger partial charge in [0.25, 0.3) is 0 Å². The van der Waals surface area contributed by atoms with Gasteiger partial charge in [0.15, 0.2) is 0 Å². The van der Waals surface area contributed by atoms with Gasteiger partial charge in [0.2, 0.25) is 5.82 Å². The molecule has 0 spiro atoms. The van der Waals surface area contributed by atoms with Gasteiger partial charge in [-0.2, -0.15) is 0 Å². The van der Waals surface area contributed by atoms with Crippen LogP contribution in [0, 0.1) is 0 Å². The van der Waals surface area contributed by atoms with Gasteiger partial charge in [-0.25, -0.2) is 0 Å². The number of hydrogen-bond acceptors (Lipinski definition) is 4. The second kappa shape index (κ2) is 6.81. The van der Waals surface area contributed by atoms with Crippen LogP contribution in [0.3, 0.4) is 0 Å². The Bertz CT molecular complexity index is 724. The summed E-state index contributed by atoms with van der Waals surface area (Å²) in [6.45, 7) is 1.42. The lowest BCUT2D eigenvalue weighted by atomic mass is 10.2. The first-order valence-electron chi connectivity index (χ1n) is 6.97. The molecule has 112 valence electrons. The van der Waals surface area contributed by atoms with Gasteiger partial charge in [0.05, 0.1) is 0 Å². The van der Waals surface area contributed by atoms with Gasteiger partial charge in [-0.15, -0.1) is 15.0 Å². The molecular weight excluding hydrogens is 342 g/mol. The molecule has 2 aromatic carbocycles. The van der Waals surface area contributed by atoms with Gasteiger partial charge in [0, 0.05) is 16.6 Å². The lowest BCUT2D eigenvalue weighted by molar-refractivity contribution is 0.227. The Morgan fingerprint density at radius 3 is 2.50 bits per heavy atom. The average molecular weight is 358 g/mol. The van der Waals surface area contributed by atoms with Crippen molar-refractivity contribution in [2.75, 3.05) is 7.05 Å². The lowest BCUT2D eigenvalue weighted by Crippen LogP contribution is -2.23. The molecule has 3 aromatic rings. The van der Waals surface area contributed by atoms with Crippen LogP contribution in [-0.2, 0) is 13.2 Å². The molecule has 22 heavy (non-hydrogen) atoms. The van der Waals surface area contributed by atoms with Crippen LogP contribution >= 0.6 is 15.9 Å². The normalized spacial score (nSPS) is 11.0. The van der Waals surface area contributed by atoms with Crippen molar-refractivity contribution in [2.45, 2.75) is 13.2 Å². The fourth-order valence-corrected chi connectivity index (χ4v) is 2.44. The number of hydrogen-bond donors (Lipinski definition) is 0.